The van der Waals surface area contributed by atoms with Crippen molar-refractivity contribution in [3.63, 3.8) is 0 Å². The van der Waals surface area contributed by atoms with Gasteiger partial charge in [-0.05, 0) is 39.2 Å². The van der Waals surface area contributed by atoms with Crippen molar-refractivity contribution in [1.29, 1.82) is 0 Å². The third-order valence-electron chi connectivity index (χ3n) is 4.24. The molecule has 1 N–H and O–H groups in total. The molecule has 156 valence electrons. The average Bonchev–Trinajstić information content (AvgIpc) is 3.20. The van der Waals surface area contributed by atoms with Crippen molar-refractivity contribution in [1.82, 2.24) is 10.2 Å². The summed E-state index contributed by atoms with van der Waals surface area (Å²) < 4.78 is 33.9. The lowest BCUT2D eigenvalue weighted by Gasteiger charge is -2.11. The Kier molecular flexibility index (Phi) is 6.30. The van der Waals surface area contributed by atoms with E-state index in [1.54, 1.807) is 11.8 Å². The van der Waals surface area contributed by atoms with E-state index in [1.165, 1.54) is 12.1 Å². The highest BCUT2D eigenvalue weighted by Crippen LogP contribution is 2.31. The van der Waals surface area contributed by atoms with Crippen molar-refractivity contribution in [3.05, 3.63) is 57.5 Å². The maximum absolute atomic E-state index is 12.2. The number of nitro groups is 1. The van der Waals surface area contributed by atoms with Gasteiger partial charge in [-0.2, -0.15) is 8.42 Å². The van der Waals surface area contributed by atoms with E-state index in [9.17, 15) is 18.5 Å². The first-order chi connectivity index (χ1) is 13.7. The molecule has 0 saturated carbocycles. The predicted molar refractivity (Wildman–Crippen MR) is 112 cm³/mol. The van der Waals surface area contributed by atoms with Gasteiger partial charge in [0.1, 0.15) is 22.3 Å². The highest BCUT2D eigenvalue weighted by Gasteiger charge is 2.30. The van der Waals surface area contributed by atoms with Crippen LogP contribution in [0.2, 0.25) is 0 Å². The van der Waals surface area contributed by atoms with Gasteiger partial charge in [-0.15, -0.1) is 16.2 Å². The number of nitro benzene ring substituents is 1. The third-order valence-corrected chi connectivity index (χ3v) is 6.73. The highest BCUT2D eigenvalue weighted by molar-refractivity contribution is 7.99. The molecule has 1 aliphatic heterocycles. The lowest BCUT2D eigenvalue weighted by Crippen LogP contribution is -2.25. The fourth-order valence-electron chi connectivity index (χ4n) is 2.88. The van der Waals surface area contributed by atoms with Crippen molar-refractivity contribution in [2.24, 2.45) is 4.40 Å². The molecule has 1 unspecified atom stereocenters. The van der Waals surface area contributed by atoms with E-state index in [-0.39, 0.29) is 21.7 Å². The van der Waals surface area contributed by atoms with Crippen LogP contribution >= 0.6 is 11.8 Å². The lowest BCUT2D eigenvalue weighted by atomic mass is 10.2. The number of fused-ring (bicyclic) bond motifs is 1. The summed E-state index contributed by atoms with van der Waals surface area (Å²) in [6.07, 6.45) is 0. The quantitative estimate of drug-likeness (QED) is 0.380. The Bertz CT molecular complexity index is 1050. The van der Waals surface area contributed by atoms with Crippen molar-refractivity contribution >= 4 is 33.3 Å². The molecule has 11 heteroatoms. The number of nitrogens with one attached hydrogen (secondary N) is 1. The maximum Gasteiger partial charge on any atom is 0.285 e. The molecule has 2 aromatic rings. The van der Waals surface area contributed by atoms with Gasteiger partial charge in [-0.3, -0.25) is 10.1 Å². The molecule has 0 fully saturated rings. The Labute approximate surface area is 173 Å². The maximum atomic E-state index is 12.2. The molecule has 0 aliphatic carbocycles. The van der Waals surface area contributed by atoms with E-state index >= 15 is 0 Å². The molecule has 2 heterocycles. The summed E-state index contributed by atoms with van der Waals surface area (Å²) in [4.78, 5) is 12.2. The number of hydrogen-bond donors (Lipinski definition) is 1. The SMILES string of the molecule is CC(SCCNC1=NS(=O)(=O)c2cc([N+](=O)[O-])ccc21)c1ccc(CN(C)C)o1. The fourth-order valence-corrected chi connectivity index (χ4v) is 4.95. The first kappa shape index (κ1) is 21.3. The Hall–Kier alpha value is -2.37. The highest BCUT2D eigenvalue weighted by atomic mass is 32.2. The number of nitrogens with zero attached hydrogens (tertiary/aromatic N) is 3. The van der Waals surface area contributed by atoms with Crippen LogP contribution in [0.5, 0.6) is 0 Å². The molecule has 0 spiro atoms. The van der Waals surface area contributed by atoms with Gasteiger partial charge in [0, 0.05) is 30.0 Å². The van der Waals surface area contributed by atoms with Crippen LogP contribution < -0.4 is 5.32 Å². The minimum atomic E-state index is -3.92. The van der Waals surface area contributed by atoms with Crippen LogP contribution in [0, 0.1) is 10.1 Å². The summed E-state index contributed by atoms with van der Waals surface area (Å²) in [5.74, 6) is 2.72. The number of furan rings is 1. The first-order valence-electron chi connectivity index (χ1n) is 8.90. The minimum Gasteiger partial charge on any atom is -0.464 e. The molecular formula is C18H22N4O5S2. The zero-order chi connectivity index (χ0) is 21.2. The number of thioether (sulfide) groups is 1. The van der Waals surface area contributed by atoms with Gasteiger partial charge in [-0.25, -0.2) is 0 Å². The molecular weight excluding hydrogens is 416 g/mol. The van der Waals surface area contributed by atoms with Gasteiger partial charge in [0.15, 0.2) is 0 Å². The number of amidine groups is 1. The molecule has 0 bridgehead atoms. The second kappa shape index (κ2) is 8.56. The van der Waals surface area contributed by atoms with Crippen LogP contribution in [0.3, 0.4) is 0 Å². The normalized spacial score (nSPS) is 15.8. The van der Waals surface area contributed by atoms with E-state index in [1.807, 2.05) is 31.1 Å². The number of sulfonamides is 1. The lowest BCUT2D eigenvalue weighted by molar-refractivity contribution is -0.385. The van der Waals surface area contributed by atoms with Crippen LogP contribution in [0.15, 0.2) is 44.0 Å². The van der Waals surface area contributed by atoms with E-state index in [4.69, 9.17) is 4.42 Å². The molecule has 1 aliphatic rings. The zero-order valence-electron chi connectivity index (χ0n) is 16.3. The molecule has 9 nitrogen and oxygen atoms in total. The van der Waals surface area contributed by atoms with Gasteiger partial charge in [0.05, 0.1) is 16.7 Å². The molecule has 1 aromatic carbocycles. The van der Waals surface area contributed by atoms with Crippen LogP contribution in [0.1, 0.15) is 29.3 Å². The van der Waals surface area contributed by atoms with E-state index in [0.29, 0.717) is 17.9 Å². The van der Waals surface area contributed by atoms with Gasteiger partial charge in [0.25, 0.3) is 15.7 Å². The summed E-state index contributed by atoms with van der Waals surface area (Å²) in [5, 5.41) is 14.1. The summed E-state index contributed by atoms with van der Waals surface area (Å²) in [6.45, 7) is 3.28. The molecule has 1 aromatic heterocycles. The second-order valence-corrected chi connectivity index (χ2v) is 9.86. The number of benzene rings is 1. The Balaban J connectivity index is 1.56. The molecule has 0 radical (unpaired) electrons. The summed E-state index contributed by atoms with van der Waals surface area (Å²) in [6, 6.07) is 7.67. The van der Waals surface area contributed by atoms with Gasteiger partial charge < -0.3 is 14.6 Å². The third kappa shape index (κ3) is 4.98. The Morgan fingerprint density at radius 3 is 2.76 bits per heavy atom. The van der Waals surface area contributed by atoms with Gasteiger partial charge >= 0.3 is 0 Å². The van der Waals surface area contributed by atoms with Crippen molar-refractivity contribution in [2.45, 2.75) is 23.6 Å². The fraction of sp³-hybridized carbons (Fsp3) is 0.389. The van der Waals surface area contributed by atoms with Crippen LogP contribution in [-0.4, -0.2) is 50.5 Å². The summed E-state index contributed by atoms with van der Waals surface area (Å²) in [5.41, 5.74) is 0.0771. The largest absolute Gasteiger partial charge is 0.464 e. The molecule has 3 rings (SSSR count). The number of hydrogen-bond acceptors (Lipinski definition) is 8. The number of rotatable bonds is 8. The topological polar surface area (TPSA) is 118 Å². The van der Waals surface area contributed by atoms with Crippen molar-refractivity contribution < 1.29 is 17.8 Å². The summed E-state index contributed by atoms with van der Waals surface area (Å²) >= 11 is 1.67. The number of non-ortho nitro benzene ring substituents is 1. The first-order valence-corrected chi connectivity index (χ1v) is 11.4. The van der Waals surface area contributed by atoms with Crippen LogP contribution in [0.25, 0.3) is 0 Å². The van der Waals surface area contributed by atoms with Crippen LogP contribution in [-0.2, 0) is 16.6 Å². The second-order valence-electron chi connectivity index (χ2n) is 6.83. The monoisotopic (exact) mass is 438 g/mol. The Morgan fingerprint density at radius 1 is 1.31 bits per heavy atom. The van der Waals surface area contributed by atoms with Crippen molar-refractivity contribution in [3.8, 4) is 0 Å². The van der Waals surface area contributed by atoms with E-state index < -0.39 is 14.9 Å². The molecule has 0 saturated heterocycles. The predicted octanol–water partition coefficient (Wildman–Crippen LogP) is 2.78. The molecule has 0 amide bonds. The van der Waals surface area contributed by atoms with E-state index in [2.05, 4.69) is 16.6 Å². The standard InChI is InChI=1S/C18H22N4O5S2/c1-12(16-7-5-14(27-16)11-21(2)3)28-9-8-19-18-15-6-4-13(22(23)24)10-17(15)29(25,26)20-18/h4-7,10,12H,8-9,11H2,1-3H3,(H,19,20). The van der Waals surface area contributed by atoms with Gasteiger partial charge in [0.2, 0.25) is 0 Å². The zero-order valence-corrected chi connectivity index (χ0v) is 17.9. The molecule has 1 atom stereocenters. The minimum absolute atomic E-state index is 0.140. The smallest absolute Gasteiger partial charge is 0.285 e. The summed E-state index contributed by atoms with van der Waals surface area (Å²) in [7, 11) is 0.0417. The van der Waals surface area contributed by atoms with Gasteiger partial charge in [-0.1, -0.05) is 0 Å². The van der Waals surface area contributed by atoms with Crippen molar-refractivity contribution in [2.75, 3.05) is 26.4 Å². The Morgan fingerprint density at radius 2 is 2.07 bits per heavy atom. The molecule has 29 heavy (non-hydrogen) atoms. The van der Waals surface area contributed by atoms with Crippen LogP contribution in [0.4, 0.5) is 5.69 Å². The average molecular weight is 439 g/mol. The van der Waals surface area contributed by atoms with E-state index in [0.717, 1.165) is 24.1 Å².